The fourth-order valence-electron chi connectivity index (χ4n) is 2.41. The highest BCUT2D eigenvalue weighted by molar-refractivity contribution is 5.49. The molecule has 1 atom stereocenters. The van der Waals surface area contributed by atoms with Crippen LogP contribution in [0.3, 0.4) is 0 Å². The van der Waals surface area contributed by atoms with Gasteiger partial charge in [-0.25, -0.2) is 0 Å². The molecule has 1 heteroatoms. The highest BCUT2D eigenvalue weighted by Gasteiger charge is 2.14. The molecule has 0 fully saturated rings. The van der Waals surface area contributed by atoms with Crippen molar-refractivity contribution in [3.05, 3.63) is 65.2 Å². The third kappa shape index (κ3) is 2.56. The van der Waals surface area contributed by atoms with Crippen LogP contribution in [-0.2, 0) is 0 Å². The molecule has 94 valence electrons. The molecule has 0 aliphatic rings. The minimum absolute atomic E-state index is 0.407. The Morgan fingerprint density at radius 1 is 0.833 bits per heavy atom. The average Bonchev–Trinajstić information content (AvgIpc) is 2.39. The van der Waals surface area contributed by atoms with E-state index in [9.17, 15) is 0 Å². The minimum Gasteiger partial charge on any atom is -0.399 e. The molecule has 0 saturated carbocycles. The molecule has 0 radical (unpaired) electrons. The van der Waals surface area contributed by atoms with Crippen LogP contribution in [0.4, 0.5) is 5.69 Å². The van der Waals surface area contributed by atoms with Crippen molar-refractivity contribution < 1.29 is 0 Å². The number of hydrogen-bond acceptors (Lipinski definition) is 1. The fraction of sp³-hybridized carbons (Fsp3) is 0.294. The minimum atomic E-state index is 0.407. The van der Waals surface area contributed by atoms with Crippen LogP contribution in [0.5, 0.6) is 0 Å². The van der Waals surface area contributed by atoms with Gasteiger partial charge in [-0.05, 0) is 34.7 Å². The number of rotatable bonds is 3. The van der Waals surface area contributed by atoms with Crippen LogP contribution in [0.2, 0.25) is 0 Å². The molecule has 0 aromatic heterocycles. The Morgan fingerprint density at radius 2 is 1.50 bits per heavy atom. The van der Waals surface area contributed by atoms with E-state index in [-0.39, 0.29) is 0 Å². The maximum Gasteiger partial charge on any atom is 0.0317 e. The molecular formula is C17H21N. The summed E-state index contributed by atoms with van der Waals surface area (Å²) in [6, 6.07) is 16.9. The zero-order chi connectivity index (χ0) is 13.1. The second-order valence-electron chi connectivity index (χ2n) is 5.18. The van der Waals surface area contributed by atoms with Gasteiger partial charge in [0.1, 0.15) is 0 Å². The number of nitrogen functional groups attached to an aromatic ring is 1. The molecule has 0 heterocycles. The number of benzene rings is 2. The van der Waals surface area contributed by atoms with Crippen molar-refractivity contribution in [2.45, 2.75) is 32.6 Å². The molecule has 2 aromatic carbocycles. The van der Waals surface area contributed by atoms with Gasteiger partial charge in [0.05, 0.1) is 0 Å². The number of nitrogens with two attached hydrogens (primary N) is 1. The summed E-state index contributed by atoms with van der Waals surface area (Å²) in [6.45, 7) is 6.69. The Balaban J connectivity index is 2.45. The van der Waals surface area contributed by atoms with Crippen LogP contribution >= 0.6 is 0 Å². The van der Waals surface area contributed by atoms with E-state index in [1.807, 2.05) is 6.07 Å². The summed E-state index contributed by atoms with van der Waals surface area (Å²) in [4.78, 5) is 0. The van der Waals surface area contributed by atoms with Gasteiger partial charge in [-0.1, -0.05) is 57.2 Å². The van der Waals surface area contributed by atoms with Crippen LogP contribution in [0.1, 0.15) is 49.3 Å². The molecule has 0 bridgehead atoms. The van der Waals surface area contributed by atoms with E-state index in [0.717, 1.165) is 5.69 Å². The van der Waals surface area contributed by atoms with Gasteiger partial charge < -0.3 is 5.73 Å². The first kappa shape index (κ1) is 12.7. The molecule has 2 rings (SSSR count). The summed E-state index contributed by atoms with van der Waals surface area (Å²) < 4.78 is 0. The third-order valence-electron chi connectivity index (χ3n) is 3.50. The second kappa shape index (κ2) is 5.26. The van der Waals surface area contributed by atoms with Gasteiger partial charge in [0.2, 0.25) is 0 Å². The lowest BCUT2D eigenvalue weighted by molar-refractivity contribution is 0.813. The molecule has 0 aliphatic heterocycles. The normalized spacial score (nSPS) is 12.7. The molecule has 18 heavy (non-hydrogen) atoms. The van der Waals surface area contributed by atoms with E-state index < -0.39 is 0 Å². The standard InChI is InChI=1S/C17H21N/c1-12(2)17-11-15(18)9-10-16(17)13(3)14-7-5-4-6-8-14/h4-13H,18H2,1-3H3. The van der Waals surface area contributed by atoms with Crippen molar-refractivity contribution in [2.75, 3.05) is 5.73 Å². The lowest BCUT2D eigenvalue weighted by atomic mass is 9.85. The van der Waals surface area contributed by atoms with Crippen molar-refractivity contribution in [1.82, 2.24) is 0 Å². The van der Waals surface area contributed by atoms with Crippen LogP contribution in [0.25, 0.3) is 0 Å². The lowest BCUT2D eigenvalue weighted by Gasteiger charge is -2.19. The Morgan fingerprint density at radius 3 is 2.11 bits per heavy atom. The first-order chi connectivity index (χ1) is 8.59. The number of hydrogen-bond donors (Lipinski definition) is 1. The Bertz CT molecular complexity index is 514. The predicted octanol–water partition coefficient (Wildman–Crippen LogP) is 4.54. The van der Waals surface area contributed by atoms with Crippen molar-refractivity contribution >= 4 is 5.69 Å². The van der Waals surface area contributed by atoms with Gasteiger partial charge in [0, 0.05) is 11.6 Å². The highest BCUT2D eigenvalue weighted by atomic mass is 14.5. The molecule has 1 nitrogen and oxygen atoms in total. The van der Waals surface area contributed by atoms with Crippen LogP contribution < -0.4 is 5.73 Å². The quantitative estimate of drug-likeness (QED) is 0.782. The summed E-state index contributed by atoms with van der Waals surface area (Å²) in [5.41, 5.74) is 10.8. The average molecular weight is 239 g/mol. The first-order valence-electron chi connectivity index (χ1n) is 6.54. The van der Waals surface area contributed by atoms with Gasteiger partial charge in [0.25, 0.3) is 0 Å². The SMILES string of the molecule is CC(C)c1cc(N)ccc1C(C)c1ccccc1. The summed E-state index contributed by atoms with van der Waals surface area (Å²) in [5, 5.41) is 0. The molecule has 1 unspecified atom stereocenters. The van der Waals surface area contributed by atoms with E-state index >= 15 is 0 Å². The van der Waals surface area contributed by atoms with Gasteiger partial charge in [0.15, 0.2) is 0 Å². The fourth-order valence-corrected chi connectivity index (χ4v) is 2.41. The van der Waals surface area contributed by atoms with Gasteiger partial charge in [-0.15, -0.1) is 0 Å². The van der Waals surface area contributed by atoms with Crippen LogP contribution in [0, 0.1) is 0 Å². The molecule has 2 aromatic rings. The van der Waals surface area contributed by atoms with Crippen LogP contribution in [0.15, 0.2) is 48.5 Å². The largest absolute Gasteiger partial charge is 0.399 e. The molecule has 0 amide bonds. The zero-order valence-electron chi connectivity index (χ0n) is 11.4. The molecule has 2 N–H and O–H groups in total. The van der Waals surface area contributed by atoms with Gasteiger partial charge in [-0.2, -0.15) is 0 Å². The Hall–Kier alpha value is -1.76. The van der Waals surface area contributed by atoms with E-state index in [1.165, 1.54) is 16.7 Å². The summed E-state index contributed by atoms with van der Waals surface area (Å²) >= 11 is 0. The number of anilines is 1. The van der Waals surface area contributed by atoms with E-state index in [2.05, 4.69) is 63.2 Å². The van der Waals surface area contributed by atoms with Crippen molar-refractivity contribution in [3.8, 4) is 0 Å². The Kier molecular flexibility index (Phi) is 3.71. The van der Waals surface area contributed by atoms with Crippen LogP contribution in [-0.4, -0.2) is 0 Å². The summed E-state index contributed by atoms with van der Waals surface area (Å²) in [6.07, 6.45) is 0. The Labute approximate surface area is 110 Å². The molecule has 0 aliphatic carbocycles. The summed E-state index contributed by atoms with van der Waals surface area (Å²) in [7, 11) is 0. The van der Waals surface area contributed by atoms with E-state index in [0.29, 0.717) is 11.8 Å². The first-order valence-corrected chi connectivity index (χ1v) is 6.54. The maximum atomic E-state index is 5.90. The van der Waals surface area contributed by atoms with E-state index in [1.54, 1.807) is 0 Å². The third-order valence-corrected chi connectivity index (χ3v) is 3.50. The van der Waals surface area contributed by atoms with Crippen molar-refractivity contribution in [3.63, 3.8) is 0 Å². The van der Waals surface area contributed by atoms with Gasteiger partial charge in [-0.3, -0.25) is 0 Å². The molecule has 0 saturated heterocycles. The van der Waals surface area contributed by atoms with Gasteiger partial charge >= 0.3 is 0 Å². The molecule has 0 spiro atoms. The zero-order valence-corrected chi connectivity index (χ0v) is 11.4. The molecular weight excluding hydrogens is 218 g/mol. The predicted molar refractivity (Wildman–Crippen MR) is 78.9 cm³/mol. The monoisotopic (exact) mass is 239 g/mol. The lowest BCUT2D eigenvalue weighted by Crippen LogP contribution is -2.03. The van der Waals surface area contributed by atoms with E-state index in [4.69, 9.17) is 5.73 Å². The highest BCUT2D eigenvalue weighted by Crippen LogP contribution is 2.32. The maximum absolute atomic E-state index is 5.90. The summed E-state index contributed by atoms with van der Waals surface area (Å²) in [5.74, 6) is 0.902. The second-order valence-corrected chi connectivity index (χ2v) is 5.18. The topological polar surface area (TPSA) is 26.0 Å². The van der Waals surface area contributed by atoms with Crippen molar-refractivity contribution in [2.24, 2.45) is 0 Å². The smallest absolute Gasteiger partial charge is 0.0317 e. The van der Waals surface area contributed by atoms with Crippen molar-refractivity contribution in [1.29, 1.82) is 0 Å².